The van der Waals surface area contributed by atoms with E-state index in [4.69, 9.17) is 0 Å². The zero-order valence-corrected chi connectivity index (χ0v) is 33.1. The molecule has 0 spiro atoms. The van der Waals surface area contributed by atoms with Gasteiger partial charge in [0.1, 0.15) is 11.9 Å². The molecule has 2 aromatic carbocycles. The van der Waals surface area contributed by atoms with Crippen molar-refractivity contribution in [3.8, 4) is 0 Å². The molecule has 1 unspecified atom stereocenters. The maximum absolute atomic E-state index is 13.9. The highest BCUT2D eigenvalue weighted by atomic mass is 19.1. The number of piperidine rings is 1. The number of fused-ring (bicyclic) bond motifs is 2. The van der Waals surface area contributed by atoms with E-state index in [1.54, 1.807) is 24.3 Å². The molecule has 0 bridgehead atoms. The minimum Gasteiger partial charge on any atom is -0.384 e. The maximum Gasteiger partial charge on any atom is 0.264 e. The van der Waals surface area contributed by atoms with E-state index in [1.807, 2.05) is 13.8 Å². The van der Waals surface area contributed by atoms with Crippen molar-refractivity contribution >= 4 is 64.4 Å². The molecule has 0 saturated carbocycles. The maximum atomic E-state index is 13.9. The van der Waals surface area contributed by atoms with E-state index in [1.165, 1.54) is 18.2 Å². The first-order chi connectivity index (χ1) is 28.4. The van der Waals surface area contributed by atoms with E-state index in [-0.39, 0.29) is 48.1 Å². The molecule has 1 aromatic heterocycles. The molecule has 7 amide bonds. The molecule has 3 aromatic rings. The van der Waals surface area contributed by atoms with Crippen molar-refractivity contribution in [1.82, 2.24) is 35.6 Å². The standard InChI is InChI=1S/C42H48FN9O7/c1-24-32(23-29-28-22-26(43)9-10-30(28)48-38(29)55)47-25(2)36(24)40(57)46-14-5-16-50-18-20-51(21-19-50)17-15-45-34(53)8-4-13-44-31-7-3-6-27-37(31)42(59)52(41(27)58)33-11-12-35(54)49-39(33)56/h3,6-7,9-10,22-23,33,44,47H,4-5,8,11-21H2,1-2H3,(H,45,53)(H,46,57)(H,48,55)(H,49,54,56)/b29-23-. The lowest BCUT2D eigenvalue weighted by atomic mass is 10.0. The van der Waals surface area contributed by atoms with E-state index >= 15 is 0 Å². The first-order valence-electron chi connectivity index (χ1n) is 20.0. The number of H-pyrrole nitrogens is 1. The summed E-state index contributed by atoms with van der Waals surface area (Å²) >= 11 is 0. The molecule has 16 nitrogen and oxygen atoms in total. The molecule has 6 N–H and O–H groups in total. The highest BCUT2D eigenvalue weighted by molar-refractivity contribution is 6.35. The number of amides is 7. The summed E-state index contributed by atoms with van der Waals surface area (Å²) in [5.74, 6) is -3.28. The summed E-state index contributed by atoms with van der Waals surface area (Å²) in [7, 11) is 0. The van der Waals surface area contributed by atoms with Crippen molar-refractivity contribution in [2.75, 3.05) is 69.5 Å². The van der Waals surface area contributed by atoms with Gasteiger partial charge in [0, 0.05) is 93.5 Å². The first-order valence-corrected chi connectivity index (χ1v) is 20.0. The highest BCUT2D eigenvalue weighted by Gasteiger charge is 2.45. The fourth-order valence-corrected chi connectivity index (χ4v) is 8.11. The van der Waals surface area contributed by atoms with Crippen molar-refractivity contribution in [2.24, 2.45) is 0 Å². The molecule has 0 aliphatic carbocycles. The van der Waals surface area contributed by atoms with E-state index in [2.05, 4.69) is 41.4 Å². The number of imide groups is 2. The van der Waals surface area contributed by atoms with Gasteiger partial charge in [-0.15, -0.1) is 0 Å². The number of halogens is 1. The summed E-state index contributed by atoms with van der Waals surface area (Å²) in [5, 5.41) is 14.1. The Kier molecular flexibility index (Phi) is 12.3. The van der Waals surface area contributed by atoms with Gasteiger partial charge < -0.3 is 31.2 Å². The lowest BCUT2D eigenvalue weighted by Crippen LogP contribution is -2.54. The third-order valence-electron chi connectivity index (χ3n) is 11.3. The molecule has 7 rings (SSSR count). The molecule has 17 heteroatoms. The van der Waals surface area contributed by atoms with Gasteiger partial charge in [0.15, 0.2) is 0 Å². The molecular formula is C42H48FN9O7. The van der Waals surface area contributed by atoms with E-state index in [0.717, 1.165) is 50.6 Å². The second kappa shape index (κ2) is 17.7. The molecule has 310 valence electrons. The predicted molar refractivity (Wildman–Crippen MR) is 217 cm³/mol. The molecule has 4 aliphatic heterocycles. The second-order valence-electron chi connectivity index (χ2n) is 15.2. The number of hydrogen-bond donors (Lipinski definition) is 6. The van der Waals surface area contributed by atoms with Gasteiger partial charge in [-0.25, -0.2) is 4.39 Å². The van der Waals surface area contributed by atoms with Crippen molar-refractivity contribution in [3.05, 3.63) is 81.4 Å². The van der Waals surface area contributed by atoms with Crippen molar-refractivity contribution in [3.63, 3.8) is 0 Å². The zero-order valence-electron chi connectivity index (χ0n) is 33.1. The summed E-state index contributed by atoms with van der Waals surface area (Å²) in [6.07, 6.45) is 3.34. The van der Waals surface area contributed by atoms with Crippen LogP contribution in [0.1, 0.15) is 85.7 Å². The van der Waals surface area contributed by atoms with Crippen LogP contribution >= 0.6 is 0 Å². The Morgan fingerprint density at radius 1 is 0.864 bits per heavy atom. The number of nitrogens with zero attached hydrogens (tertiary/aromatic N) is 3. The minimum atomic E-state index is -1.04. The fourth-order valence-electron chi connectivity index (χ4n) is 8.11. The SMILES string of the molecule is Cc1[nH]c(/C=C2\C(=O)Nc3ccc(F)cc32)c(C)c1C(=O)NCCCN1CCN(CCNC(=O)CCCNc2cccc3c2C(=O)N(C2CCC(=O)NC2=O)C3=O)CC1. The van der Waals surface area contributed by atoms with Crippen LogP contribution in [0, 0.1) is 19.7 Å². The number of anilines is 2. The van der Waals surface area contributed by atoms with Crippen molar-refractivity contribution < 1.29 is 38.0 Å². The van der Waals surface area contributed by atoms with Crippen molar-refractivity contribution in [2.45, 2.75) is 52.0 Å². The molecule has 5 heterocycles. The Labute approximate surface area is 340 Å². The predicted octanol–water partition coefficient (Wildman–Crippen LogP) is 2.41. The molecule has 59 heavy (non-hydrogen) atoms. The third kappa shape index (κ3) is 8.95. The van der Waals surface area contributed by atoms with Gasteiger partial charge >= 0.3 is 0 Å². The Hall–Kier alpha value is -6.20. The van der Waals surface area contributed by atoms with Crippen molar-refractivity contribution in [1.29, 1.82) is 0 Å². The van der Waals surface area contributed by atoms with Gasteiger partial charge in [-0.3, -0.25) is 48.7 Å². The average Bonchev–Trinajstić information content (AvgIpc) is 3.77. The van der Waals surface area contributed by atoms with Gasteiger partial charge in [-0.1, -0.05) is 6.07 Å². The Bertz CT molecular complexity index is 2240. The Morgan fingerprint density at radius 2 is 1.63 bits per heavy atom. The number of rotatable bonds is 15. The van der Waals surface area contributed by atoms with E-state index in [0.29, 0.717) is 71.1 Å². The van der Waals surface area contributed by atoms with Crippen LogP contribution in [0.3, 0.4) is 0 Å². The van der Waals surface area contributed by atoms with Crippen LogP contribution in [0.15, 0.2) is 36.4 Å². The van der Waals surface area contributed by atoms with E-state index < -0.39 is 35.5 Å². The fraction of sp³-hybridized carbons (Fsp3) is 0.405. The van der Waals surface area contributed by atoms with Crippen LogP contribution in [-0.2, 0) is 19.2 Å². The largest absolute Gasteiger partial charge is 0.384 e. The van der Waals surface area contributed by atoms with Gasteiger partial charge in [-0.05, 0) is 81.6 Å². The number of piperazine rings is 1. The zero-order chi connectivity index (χ0) is 41.8. The topological polar surface area (TPSA) is 205 Å². The molecule has 2 fully saturated rings. The van der Waals surface area contributed by atoms with Crippen LogP contribution in [0.2, 0.25) is 0 Å². The molecule has 1 atom stereocenters. The lowest BCUT2D eigenvalue weighted by molar-refractivity contribution is -0.136. The van der Waals surface area contributed by atoms with Crippen LogP contribution < -0.4 is 26.6 Å². The summed E-state index contributed by atoms with van der Waals surface area (Å²) in [6.45, 7) is 10.1. The van der Waals surface area contributed by atoms with Crippen LogP contribution in [-0.4, -0.2) is 126 Å². The number of carbonyl (C=O) groups excluding carboxylic acids is 7. The molecular weight excluding hydrogens is 762 g/mol. The van der Waals surface area contributed by atoms with Crippen LogP contribution in [0.4, 0.5) is 15.8 Å². The smallest absolute Gasteiger partial charge is 0.264 e. The number of aromatic nitrogens is 1. The number of aryl methyl sites for hydroxylation is 1. The van der Waals surface area contributed by atoms with E-state index in [9.17, 15) is 38.0 Å². The van der Waals surface area contributed by atoms with Gasteiger partial charge in [0.25, 0.3) is 23.6 Å². The minimum absolute atomic E-state index is 0.0465. The van der Waals surface area contributed by atoms with Crippen LogP contribution in [0.5, 0.6) is 0 Å². The normalized spacial score (nSPS) is 18.8. The molecule has 0 radical (unpaired) electrons. The summed E-state index contributed by atoms with van der Waals surface area (Å²) in [6, 6.07) is 7.99. The Morgan fingerprint density at radius 3 is 2.39 bits per heavy atom. The third-order valence-corrected chi connectivity index (χ3v) is 11.3. The summed E-state index contributed by atoms with van der Waals surface area (Å²) in [4.78, 5) is 97.4. The summed E-state index contributed by atoms with van der Waals surface area (Å²) in [5.41, 5.74) is 4.74. The van der Waals surface area contributed by atoms with Gasteiger partial charge in [0.05, 0.1) is 22.3 Å². The molecule has 2 saturated heterocycles. The summed E-state index contributed by atoms with van der Waals surface area (Å²) < 4.78 is 13.9. The first kappa shape index (κ1) is 41.0. The number of aromatic amines is 1. The Balaban J connectivity index is 0.767. The average molecular weight is 810 g/mol. The highest BCUT2D eigenvalue weighted by Crippen LogP contribution is 2.35. The lowest BCUT2D eigenvalue weighted by Gasteiger charge is -2.34. The molecule has 4 aliphatic rings. The van der Waals surface area contributed by atoms with Crippen LogP contribution in [0.25, 0.3) is 11.6 Å². The quantitative estimate of drug-likeness (QED) is 0.0752. The number of nitrogens with one attached hydrogen (secondary N) is 6. The number of benzene rings is 2. The number of hydrogen-bond acceptors (Lipinski definition) is 10. The second-order valence-corrected chi connectivity index (χ2v) is 15.2. The number of carbonyl (C=O) groups is 7. The van der Waals surface area contributed by atoms with Gasteiger partial charge in [0.2, 0.25) is 17.7 Å². The van der Waals surface area contributed by atoms with Gasteiger partial charge in [-0.2, -0.15) is 0 Å². The monoisotopic (exact) mass is 809 g/mol.